The maximum Gasteiger partial charge on any atom is 0.338 e. The van der Waals surface area contributed by atoms with E-state index < -0.39 is 0 Å². The summed E-state index contributed by atoms with van der Waals surface area (Å²) < 4.78 is 10.5. The van der Waals surface area contributed by atoms with Crippen LogP contribution in [-0.4, -0.2) is 25.2 Å². The molecule has 0 heterocycles. The molecule has 0 amide bonds. The number of hydrogen-bond donors (Lipinski definition) is 0. The molecule has 0 spiro atoms. The highest BCUT2D eigenvalue weighted by atomic mass is 16.5. The topological polar surface area (TPSA) is 52.6 Å². The Morgan fingerprint density at radius 1 is 0.800 bits per heavy atom. The number of ether oxygens (including phenoxy) is 2. The molecule has 25 heavy (non-hydrogen) atoms. The molecule has 0 bridgehead atoms. The van der Waals surface area contributed by atoms with E-state index in [2.05, 4.69) is 20.8 Å². The molecule has 0 aliphatic carbocycles. The van der Waals surface area contributed by atoms with Crippen molar-refractivity contribution in [1.29, 1.82) is 0 Å². The average Bonchev–Trinajstić information content (AvgIpc) is 2.60. The van der Waals surface area contributed by atoms with Crippen molar-refractivity contribution < 1.29 is 19.1 Å². The molecule has 0 atom stereocenters. The van der Waals surface area contributed by atoms with Gasteiger partial charge in [0.1, 0.15) is 0 Å². The van der Waals surface area contributed by atoms with E-state index in [1.54, 1.807) is 24.3 Å². The smallest absolute Gasteiger partial charge is 0.338 e. The summed E-state index contributed by atoms with van der Waals surface area (Å²) in [7, 11) is 0. The Hall–Kier alpha value is -1.84. The summed E-state index contributed by atoms with van der Waals surface area (Å²) >= 11 is 0. The molecule has 0 fully saturated rings. The molecule has 1 rings (SSSR count). The maximum atomic E-state index is 12.0. The monoisotopic (exact) mass is 348 g/mol. The molecule has 4 heteroatoms. The zero-order valence-electron chi connectivity index (χ0n) is 15.9. The van der Waals surface area contributed by atoms with Gasteiger partial charge in [-0.15, -0.1) is 0 Å². The Morgan fingerprint density at radius 3 is 1.80 bits per heavy atom. The van der Waals surface area contributed by atoms with Crippen molar-refractivity contribution in [3.63, 3.8) is 0 Å². The van der Waals surface area contributed by atoms with E-state index in [1.165, 1.54) is 25.7 Å². The van der Waals surface area contributed by atoms with Crippen LogP contribution in [0.25, 0.3) is 0 Å². The highest BCUT2D eigenvalue weighted by Gasteiger charge is 2.11. The van der Waals surface area contributed by atoms with E-state index in [-0.39, 0.29) is 11.9 Å². The minimum Gasteiger partial charge on any atom is -0.462 e. The third-order valence-corrected chi connectivity index (χ3v) is 4.02. The van der Waals surface area contributed by atoms with Crippen LogP contribution in [0.2, 0.25) is 0 Å². The fourth-order valence-electron chi connectivity index (χ4n) is 2.34. The van der Waals surface area contributed by atoms with Gasteiger partial charge in [0.05, 0.1) is 24.3 Å². The number of esters is 2. The van der Waals surface area contributed by atoms with Crippen molar-refractivity contribution in [2.45, 2.75) is 65.7 Å². The van der Waals surface area contributed by atoms with Crippen molar-refractivity contribution in [2.24, 2.45) is 5.92 Å². The molecule has 0 aromatic heterocycles. The molecule has 0 saturated carbocycles. The first kappa shape index (κ1) is 21.2. The van der Waals surface area contributed by atoms with Gasteiger partial charge in [0.2, 0.25) is 0 Å². The molecule has 0 saturated heterocycles. The van der Waals surface area contributed by atoms with Crippen molar-refractivity contribution in [1.82, 2.24) is 0 Å². The zero-order chi connectivity index (χ0) is 18.5. The Balaban J connectivity index is 2.30. The fraction of sp³-hybridized carbons (Fsp3) is 0.619. The van der Waals surface area contributed by atoms with Gasteiger partial charge < -0.3 is 9.47 Å². The summed E-state index contributed by atoms with van der Waals surface area (Å²) in [6, 6.07) is 6.45. The molecule has 0 aliphatic heterocycles. The zero-order valence-corrected chi connectivity index (χ0v) is 15.9. The van der Waals surface area contributed by atoms with E-state index in [1.807, 2.05) is 0 Å². The van der Waals surface area contributed by atoms with E-state index in [0.717, 1.165) is 19.3 Å². The van der Waals surface area contributed by atoms with Crippen LogP contribution in [0, 0.1) is 5.92 Å². The van der Waals surface area contributed by atoms with Crippen LogP contribution in [0.1, 0.15) is 86.4 Å². The first-order valence-corrected chi connectivity index (χ1v) is 9.49. The Bertz CT molecular complexity index is 505. The Morgan fingerprint density at radius 2 is 1.28 bits per heavy atom. The summed E-state index contributed by atoms with van der Waals surface area (Å²) in [5.41, 5.74) is 0.918. The number of carbonyl (C=O) groups is 2. The molecular formula is C21H32O4. The third kappa shape index (κ3) is 9.28. The predicted octanol–water partition coefficient (Wildman–Crippen LogP) is 5.41. The summed E-state index contributed by atoms with van der Waals surface area (Å²) in [5, 5.41) is 0. The van der Waals surface area contributed by atoms with Crippen LogP contribution in [0.4, 0.5) is 0 Å². The molecule has 0 N–H and O–H groups in total. The molecule has 0 radical (unpaired) electrons. The lowest BCUT2D eigenvalue weighted by atomic mass is 10.1. The van der Waals surface area contributed by atoms with Gasteiger partial charge in [0, 0.05) is 0 Å². The van der Waals surface area contributed by atoms with Gasteiger partial charge in [-0.1, -0.05) is 52.9 Å². The first-order valence-electron chi connectivity index (χ1n) is 9.49. The third-order valence-electron chi connectivity index (χ3n) is 4.02. The largest absolute Gasteiger partial charge is 0.462 e. The molecule has 1 aromatic rings. The van der Waals surface area contributed by atoms with Gasteiger partial charge in [0.15, 0.2) is 0 Å². The van der Waals surface area contributed by atoms with E-state index in [4.69, 9.17) is 9.47 Å². The number of hydrogen-bond acceptors (Lipinski definition) is 4. The molecule has 140 valence electrons. The van der Waals surface area contributed by atoms with E-state index >= 15 is 0 Å². The van der Waals surface area contributed by atoms with Gasteiger partial charge in [-0.3, -0.25) is 0 Å². The number of rotatable bonds is 12. The van der Waals surface area contributed by atoms with Gasteiger partial charge in [0.25, 0.3) is 0 Å². The highest BCUT2D eigenvalue weighted by molar-refractivity contribution is 5.93. The normalized spacial score (nSPS) is 10.7. The van der Waals surface area contributed by atoms with E-state index in [0.29, 0.717) is 30.3 Å². The minimum atomic E-state index is -0.354. The van der Waals surface area contributed by atoms with Gasteiger partial charge in [-0.25, -0.2) is 9.59 Å². The van der Waals surface area contributed by atoms with Crippen molar-refractivity contribution >= 4 is 11.9 Å². The lowest BCUT2D eigenvalue weighted by molar-refractivity contribution is 0.0477. The van der Waals surface area contributed by atoms with Crippen molar-refractivity contribution in [2.75, 3.05) is 13.2 Å². The average molecular weight is 348 g/mol. The fourth-order valence-corrected chi connectivity index (χ4v) is 2.34. The van der Waals surface area contributed by atoms with E-state index in [9.17, 15) is 9.59 Å². The van der Waals surface area contributed by atoms with Crippen LogP contribution in [-0.2, 0) is 9.47 Å². The van der Waals surface area contributed by atoms with Crippen LogP contribution in [0.3, 0.4) is 0 Å². The minimum absolute atomic E-state index is 0.340. The second-order valence-electron chi connectivity index (χ2n) is 6.80. The SMILES string of the molecule is CCCCCCCCOC(=O)c1ccc(C(=O)OCCC(C)C)cc1. The van der Waals surface area contributed by atoms with Crippen molar-refractivity contribution in [3.8, 4) is 0 Å². The standard InChI is InChI=1S/C21H32O4/c1-4-5-6-7-8-9-15-24-20(22)18-10-12-19(13-11-18)21(23)25-16-14-17(2)3/h10-13,17H,4-9,14-16H2,1-3H3. The summed E-state index contributed by atoms with van der Waals surface area (Å²) in [4.78, 5) is 23.9. The van der Waals surface area contributed by atoms with Crippen LogP contribution in [0.5, 0.6) is 0 Å². The van der Waals surface area contributed by atoms with Crippen molar-refractivity contribution in [3.05, 3.63) is 35.4 Å². The quantitative estimate of drug-likeness (QED) is 0.374. The van der Waals surface area contributed by atoms with Gasteiger partial charge in [-0.2, -0.15) is 0 Å². The summed E-state index contributed by atoms with van der Waals surface area (Å²) in [5.74, 6) is -0.197. The molecule has 0 aliphatic rings. The lowest BCUT2D eigenvalue weighted by Gasteiger charge is -2.08. The first-order chi connectivity index (χ1) is 12.0. The van der Waals surface area contributed by atoms with Crippen LogP contribution in [0.15, 0.2) is 24.3 Å². The molecule has 4 nitrogen and oxygen atoms in total. The second kappa shape index (κ2) is 12.5. The van der Waals surface area contributed by atoms with Gasteiger partial charge in [-0.05, 0) is 43.0 Å². The molecule has 0 unspecified atom stereocenters. The lowest BCUT2D eigenvalue weighted by Crippen LogP contribution is -2.10. The Kier molecular flexibility index (Phi) is 10.6. The maximum absolute atomic E-state index is 12.0. The number of unbranched alkanes of at least 4 members (excludes halogenated alkanes) is 5. The highest BCUT2D eigenvalue weighted by Crippen LogP contribution is 2.10. The predicted molar refractivity (Wildman–Crippen MR) is 99.8 cm³/mol. The molecular weight excluding hydrogens is 316 g/mol. The summed E-state index contributed by atoms with van der Waals surface area (Å²) in [6.45, 7) is 7.22. The Labute approximate surface area is 151 Å². The second-order valence-corrected chi connectivity index (χ2v) is 6.80. The van der Waals surface area contributed by atoms with Crippen LogP contribution < -0.4 is 0 Å². The van der Waals surface area contributed by atoms with Gasteiger partial charge >= 0.3 is 11.9 Å². The number of carbonyl (C=O) groups excluding carboxylic acids is 2. The van der Waals surface area contributed by atoms with Crippen LogP contribution >= 0.6 is 0 Å². The number of benzene rings is 1. The summed E-state index contributed by atoms with van der Waals surface area (Å²) in [6.07, 6.45) is 7.78. The molecule has 1 aromatic carbocycles.